The highest BCUT2D eigenvalue weighted by Gasteiger charge is 2.29. The lowest BCUT2D eigenvalue weighted by atomic mass is 9.86. The van der Waals surface area contributed by atoms with Crippen LogP contribution in [-0.4, -0.2) is 45.2 Å². The maximum Gasteiger partial charge on any atom is 0.208 e. The van der Waals surface area contributed by atoms with Crippen LogP contribution in [0, 0.1) is 11.8 Å². The van der Waals surface area contributed by atoms with Crippen molar-refractivity contribution >= 4 is 10.0 Å². The lowest BCUT2D eigenvalue weighted by molar-refractivity contribution is 0.217. The fourth-order valence-electron chi connectivity index (χ4n) is 4.01. The van der Waals surface area contributed by atoms with Crippen molar-refractivity contribution in [1.82, 2.24) is 9.62 Å². The lowest BCUT2D eigenvalue weighted by Crippen LogP contribution is -2.39. The van der Waals surface area contributed by atoms with Gasteiger partial charge in [-0.2, -0.15) is 0 Å². The number of hydrogen-bond acceptors (Lipinski definition) is 4. The Bertz CT molecular complexity index is 548. The maximum absolute atomic E-state index is 11.3. The molecule has 1 unspecified atom stereocenters. The van der Waals surface area contributed by atoms with Gasteiger partial charge in [0.15, 0.2) is 0 Å². The molecule has 132 valence electrons. The van der Waals surface area contributed by atoms with Gasteiger partial charge in [-0.3, -0.25) is 0 Å². The van der Waals surface area contributed by atoms with Crippen molar-refractivity contribution in [2.24, 2.45) is 17.6 Å². The highest BCUT2D eigenvalue weighted by Crippen LogP contribution is 2.31. The van der Waals surface area contributed by atoms with Crippen molar-refractivity contribution in [3.63, 3.8) is 0 Å². The second kappa shape index (κ2) is 7.81. The molecule has 1 saturated carbocycles. The van der Waals surface area contributed by atoms with Gasteiger partial charge in [-0.15, -0.1) is 0 Å². The fourth-order valence-corrected chi connectivity index (χ4v) is 4.85. The molecular weight excluding hydrogens is 310 g/mol. The highest BCUT2D eigenvalue weighted by atomic mass is 32.2. The molecule has 0 radical (unpaired) electrons. The molecule has 0 bridgehead atoms. The summed E-state index contributed by atoms with van der Waals surface area (Å²) in [7, 11) is -3.08. The molecule has 1 aliphatic carbocycles. The Kier molecular flexibility index (Phi) is 6.28. The predicted octanol–water partition coefficient (Wildman–Crippen LogP) is 1.84. The van der Waals surface area contributed by atoms with Crippen molar-refractivity contribution in [2.75, 3.05) is 25.9 Å². The average Bonchev–Trinajstić information content (AvgIpc) is 2.88. The van der Waals surface area contributed by atoms with E-state index in [4.69, 9.17) is 5.73 Å². The first-order valence-electron chi connectivity index (χ1n) is 8.56. The number of rotatable bonds is 6. The summed E-state index contributed by atoms with van der Waals surface area (Å²) in [5.41, 5.74) is 8.03. The van der Waals surface area contributed by atoms with Crippen LogP contribution in [0.25, 0.3) is 0 Å². The highest BCUT2D eigenvalue weighted by molar-refractivity contribution is 7.88. The van der Waals surface area contributed by atoms with Gasteiger partial charge in [0.25, 0.3) is 0 Å². The molecule has 1 aliphatic heterocycles. The predicted molar refractivity (Wildman–Crippen MR) is 95.4 cm³/mol. The summed E-state index contributed by atoms with van der Waals surface area (Å²) < 4.78 is 25.3. The van der Waals surface area contributed by atoms with Gasteiger partial charge in [-0.1, -0.05) is 12.2 Å². The smallest absolute Gasteiger partial charge is 0.208 e. The third-order valence-electron chi connectivity index (χ3n) is 5.13. The Labute approximate surface area is 141 Å². The summed E-state index contributed by atoms with van der Waals surface area (Å²) >= 11 is 0. The quantitative estimate of drug-likeness (QED) is 0.723. The molecule has 5 nitrogen and oxygen atoms in total. The van der Waals surface area contributed by atoms with Crippen LogP contribution in [0.4, 0.5) is 0 Å². The number of nitrogens with zero attached hydrogens (tertiary/aromatic N) is 1. The van der Waals surface area contributed by atoms with Crippen LogP contribution < -0.4 is 10.5 Å². The second-order valence-electron chi connectivity index (χ2n) is 7.26. The summed E-state index contributed by atoms with van der Waals surface area (Å²) in [5, 5.41) is 0. The van der Waals surface area contributed by atoms with Gasteiger partial charge in [0.2, 0.25) is 10.0 Å². The number of allylic oxidation sites excluding steroid dienone is 1. The minimum atomic E-state index is -3.08. The molecule has 0 aromatic carbocycles. The van der Waals surface area contributed by atoms with Gasteiger partial charge in [0.1, 0.15) is 0 Å². The molecule has 1 atom stereocenters. The van der Waals surface area contributed by atoms with Gasteiger partial charge < -0.3 is 10.6 Å². The molecule has 0 amide bonds. The van der Waals surface area contributed by atoms with E-state index < -0.39 is 10.0 Å². The number of hydrogen-bond donors (Lipinski definition) is 2. The molecule has 3 N–H and O–H groups in total. The third kappa shape index (κ3) is 5.62. The van der Waals surface area contributed by atoms with E-state index in [1.165, 1.54) is 11.8 Å². The molecule has 0 spiro atoms. The monoisotopic (exact) mass is 341 g/mol. The Morgan fingerprint density at radius 3 is 2.48 bits per heavy atom. The van der Waals surface area contributed by atoms with E-state index in [0.29, 0.717) is 11.8 Å². The average molecular weight is 342 g/mol. The van der Waals surface area contributed by atoms with Crippen molar-refractivity contribution in [3.05, 3.63) is 23.9 Å². The van der Waals surface area contributed by atoms with Crippen molar-refractivity contribution in [1.29, 1.82) is 0 Å². The van der Waals surface area contributed by atoms with Crippen LogP contribution in [0.3, 0.4) is 0 Å². The van der Waals surface area contributed by atoms with Crippen LogP contribution in [0.15, 0.2) is 23.9 Å². The normalized spacial score (nSPS) is 30.5. The Morgan fingerprint density at radius 1 is 1.30 bits per heavy atom. The van der Waals surface area contributed by atoms with Gasteiger partial charge in [0, 0.05) is 19.1 Å². The third-order valence-corrected chi connectivity index (χ3v) is 5.89. The van der Waals surface area contributed by atoms with E-state index in [1.807, 2.05) is 6.92 Å². The van der Waals surface area contributed by atoms with Crippen LogP contribution >= 0.6 is 0 Å². The van der Waals surface area contributed by atoms with Crippen LogP contribution in [0.2, 0.25) is 0 Å². The summed E-state index contributed by atoms with van der Waals surface area (Å²) in [6, 6.07) is 0.128. The molecule has 2 fully saturated rings. The fraction of sp³-hybridized carbons (Fsp3) is 0.765. The van der Waals surface area contributed by atoms with E-state index in [1.54, 1.807) is 6.20 Å². The van der Waals surface area contributed by atoms with Gasteiger partial charge >= 0.3 is 0 Å². The zero-order chi connectivity index (χ0) is 17.0. The Balaban J connectivity index is 1.76. The maximum atomic E-state index is 11.3. The molecule has 2 rings (SSSR count). The number of likely N-dealkylation sites (tertiary alicyclic amines) is 1. The van der Waals surface area contributed by atoms with Crippen LogP contribution in [0.1, 0.15) is 39.0 Å². The molecule has 23 heavy (non-hydrogen) atoms. The van der Waals surface area contributed by atoms with Crippen LogP contribution in [-0.2, 0) is 10.0 Å². The first-order chi connectivity index (χ1) is 10.8. The minimum Gasteiger partial charge on any atom is -0.404 e. The molecule has 6 heteroatoms. The van der Waals surface area contributed by atoms with Gasteiger partial charge in [-0.05, 0) is 69.2 Å². The topological polar surface area (TPSA) is 75.4 Å². The molecule has 0 aromatic rings. The van der Waals surface area contributed by atoms with Crippen molar-refractivity contribution in [2.45, 2.75) is 45.1 Å². The number of sulfonamides is 1. The van der Waals surface area contributed by atoms with Crippen molar-refractivity contribution in [3.8, 4) is 0 Å². The summed E-state index contributed by atoms with van der Waals surface area (Å²) in [5.74, 6) is 1.20. The summed E-state index contributed by atoms with van der Waals surface area (Å²) in [4.78, 5) is 2.53. The van der Waals surface area contributed by atoms with Gasteiger partial charge in [-0.25, -0.2) is 13.1 Å². The summed E-state index contributed by atoms with van der Waals surface area (Å²) in [6.45, 7) is 9.36. The van der Waals surface area contributed by atoms with E-state index >= 15 is 0 Å². The molecule has 2 aliphatic rings. The van der Waals surface area contributed by atoms with Crippen molar-refractivity contribution < 1.29 is 8.42 Å². The largest absolute Gasteiger partial charge is 0.404 e. The lowest BCUT2D eigenvalue weighted by Gasteiger charge is -2.31. The van der Waals surface area contributed by atoms with E-state index in [2.05, 4.69) is 16.2 Å². The number of nitrogens with two attached hydrogens (primary N) is 1. The molecule has 0 aromatic heterocycles. The zero-order valence-electron chi connectivity index (χ0n) is 14.4. The standard InChI is InChI=1S/C17H31N3O2S/c1-13(2)17(10-18)15-8-9-20(12-15)11-14-4-6-16(7-5-14)19-23(3,21)22/h10,14-16,19H,1,4-9,11-12,18H2,2-3H3/b17-10+/t14-,15?,16-. The van der Waals surface area contributed by atoms with E-state index in [0.717, 1.165) is 57.3 Å². The summed E-state index contributed by atoms with van der Waals surface area (Å²) in [6.07, 6.45) is 8.24. The minimum absolute atomic E-state index is 0.128. The zero-order valence-corrected chi connectivity index (χ0v) is 15.2. The van der Waals surface area contributed by atoms with E-state index in [9.17, 15) is 8.42 Å². The second-order valence-corrected chi connectivity index (χ2v) is 9.04. The SMILES string of the molecule is C=C(C)/C(=C\N)C1CCN(C[C@H]2CC[C@H](NS(C)(=O)=O)CC2)C1. The van der Waals surface area contributed by atoms with Gasteiger partial charge in [0.05, 0.1) is 6.26 Å². The van der Waals surface area contributed by atoms with Crippen LogP contribution in [0.5, 0.6) is 0 Å². The molecule has 1 heterocycles. The molecule has 1 saturated heterocycles. The number of nitrogens with one attached hydrogen (secondary N) is 1. The first kappa shape index (κ1) is 18.5. The first-order valence-corrected chi connectivity index (χ1v) is 10.4. The molecular formula is C17H31N3O2S. The Morgan fingerprint density at radius 2 is 1.96 bits per heavy atom. The Hall–Kier alpha value is -0.850. The van der Waals surface area contributed by atoms with E-state index in [-0.39, 0.29) is 6.04 Å².